The second-order valence-corrected chi connectivity index (χ2v) is 5.34. The van der Waals surface area contributed by atoms with Crippen LogP contribution < -0.4 is 0 Å². The molecular formula is C7H11Cl2NO2S. The first-order valence-electron chi connectivity index (χ1n) is 4.19. The van der Waals surface area contributed by atoms with Gasteiger partial charge in [0.1, 0.15) is 24.4 Å². The molecule has 1 saturated carbocycles. The van der Waals surface area contributed by atoms with Gasteiger partial charge in [-0.25, -0.2) is 0 Å². The van der Waals surface area contributed by atoms with Crippen LogP contribution in [0.15, 0.2) is 0 Å². The Bertz CT molecular complexity index is 195. The van der Waals surface area contributed by atoms with Gasteiger partial charge in [-0.2, -0.15) is 0 Å². The van der Waals surface area contributed by atoms with Crippen molar-refractivity contribution >= 4 is 35.4 Å². The molecule has 0 radical (unpaired) electrons. The number of alkyl halides is 2. The molecule has 0 aromatic heterocycles. The van der Waals surface area contributed by atoms with Crippen LogP contribution in [0.5, 0.6) is 0 Å². The first-order valence-corrected chi connectivity index (χ1v) is 5.76. The van der Waals surface area contributed by atoms with Gasteiger partial charge in [0.15, 0.2) is 0 Å². The van der Waals surface area contributed by atoms with Gasteiger partial charge in [0.25, 0.3) is 0 Å². The van der Waals surface area contributed by atoms with Crippen molar-refractivity contribution in [2.24, 2.45) is 0 Å². The van der Waals surface area contributed by atoms with Crippen molar-refractivity contribution in [3.8, 4) is 0 Å². The molecule has 1 aliphatic carbocycles. The summed E-state index contributed by atoms with van der Waals surface area (Å²) in [6.45, 7) is 0. The van der Waals surface area contributed by atoms with Gasteiger partial charge in [0.2, 0.25) is 0 Å². The van der Waals surface area contributed by atoms with E-state index in [-0.39, 0.29) is 23.0 Å². The largest absolute Gasteiger partial charge is 0.292 e. The minimum atomic E-state index is -0.0394. The molecular weight excluding hydrogens is 233 g/mol. The van der Waals surface area contributed by atoms with Crippen molar-refractivity contribution in [3.05, 3.63) is 0 Å². The lowest BCUT2D eigenvalue weighted by Crippen LogP contribution is -2.49. The highest BCUT2D eigenvalue weighted by molar-refractivity contribution is 7.92. The molecule has 3 nitrogen and oxygen atoms in total. The van der Waals surface area contributed by atoms with Crippen LogP contribution in [-0.2, 0) is 9.02 Å². The number of hydroxylamine groups is 1. The first kappa shape index (κ1) is 10.3. The predicted octanol–water partition coefficient (Wildman–Crippen LogP) is 2.19. The Labute approximate surface area is 91.9 Å². The van der Waals surface area contributed by atoms with Crippen molar-refractivity contribution in [3.63, 3.8) is 0 Å². The van der Waals surface area contributed by atoms with Gasteiger partial charge < -0.3 is 0 Å². The van der Waals surface area contributed by atoms with Gasteiger partial charge in [0, 0.05) is 12.4 Å². The maximum Gasteiger partial charge on any atom is 0.118 e. The van der Waals surface area contributed by atoms with Crippen molar-refractivity contribution in [2.75, 3.05) is 7.05 Å². The average Bonchev–Trinajstić information content (AvgIpc) is 2.02. The second-order valence-electron chi connectivity index (χ2n) is 3.30. The molecule has 13 heavy (non-hydrogen) atoms. The number of fused-ring (bicyclic) bond motifs is 1. The number of hydrogen-bond acceptors (Lipinski definition) is 4. The SMILES string of the molecule is CN1OC2CC(Cl)CC(Cl)C2OS1. The first-order chi connectivity index (χ1) is 6.16. The fourth-order valence-electron chi connectivity index (χ4n) is 1.64. The highest BCUT2D eigenvalue weighted by Crippen LogP contribution is 2.37. The minimum absolute atomic E-state index is 0.00463. The van der Waals surface area contributed by atoms with E-state index in [1.807, 2.05) is 7.05 Å². The van der Waals surface area contributed by atoms with Crippen LogP contribution in [-0.4, -0.2) is 34.5 Å². The normalized spacial score (nSPS) is 47.3. The molecule has 0 spiro atoms. The smallest absolute Gasteiger partial charge is 0.118 e. The molecule has 0 aromatic carbocycles. The molecule has 0 N–H and O–H groups in total. The van der Waals surface area contributed by atoms with E-state index < -0.39 is 0 Å². The van der Waals surface area contributed by atoms with E-state index in [1.54, 1.807) is 4.47 Å². The third kappa shape index (κ3) is 2.25. The fourth-order valence-corrected chi connectivity index (χ4v) is 3.21. The van der Waals surface area contributed by atoms with E-state index in [4.69, 9.17) is 32.2 Å². The molecule has 0 aromatic rings. The lowest BCUT2D eigenvalue weighted by Gasteiger charge is -2.41. The van der Waals surface area contributed by atoms with Gasteiger partial charge in [-0.05, 0) is 12.8 Å². The zero-order chi connectivity index (χ0) is 9.42. The standard InChI is InChI=1S/C7H11Cl2NO2S/c1-10-11-6-3-4(8)2-5(9)7(6)12-13-10/h4-7H,2-3H2,1H3. The molecule has 2 aliphatic rings. The Hall–Kier alpha value is 0.810. The van der Waals surface area contributed by atoms with Crippen molar-refractivity contribution in [1.29, 1.82) is 0 Å². The molecule has 4 atom stereocenters. The van der Waals surface area contributed by atoms with E-state index in [0.29, 0.717) is 0 Å². The molecule has 6 heteroatoms. The van der Waals surface area contributed by atoms with Crippen LogP contribution in [0.1, 0.15) is 12.8 Å². The maximum atomic E-state index is 6.11. The summed E-state index contributed by atoms with van der Waals surface area (Å²) in [5, 5.41) is 0.0614. The molecule has 1 heterocycles. The topological polar surface area (TPSA) is 21.7 Å². The summed E-state index contributed by atoms with van der Waals surface area (Å²) in [7, 11) is 1.81. The third-order valence-corrected chi connectivity index (χ3v) is 3.62. The Morgan fingerprint density at radius 2 is 2.15 bits per heavy atom. The van der Waals surface area contributed by atoms with Gasteiger partial charge >= 0.3 is 0 Å². The summed E-state index contributed by atoms with van der Waals surface area (Å²) >= 11 is 13.3. The number of halogens is 2. The zero-order valence-corrected chi connectivity index (χ0v) is 9.48. The quantitative estimate of drug-likeness (QED) is 0.370. The number of hydrogen-bond donors (Lipinski definition) is 0. The molecule has 0 bridgehead atoms. The van der Waals surface area contributed by atoms with Gasteiger partial charge in [-0.15, -0.1) is 27.7 Å². The molecule has 2 rings (SSSR count). The second kappa shape index (κ2) is 4.13. The van der Waals surface area contributed by atoms with Gasteiger partial charge in [0.05, 0.1) is 5.38 Å². The van der Waals surface area contributed by atoms with Crippen LogP contribution in [0.25, 0.3) is 0 Å². The van der Waals surface area contributed by atoms with Crippen LogP contribution in [0.4, 0.5) is 0 Å². The third-order valence-electron chi connectivity index (χ3n) is 2.23. The Kier molecular flexibility index (Phi) is 3.28. The highest BCUT2D eigenvalue weighted by atomic mass is 35.5. The lowest BCUT2D eigenvalue weighted by molar-refractivity contribution is -0.179. The van der Waals surface area contributed by atoms with E-state index >= 15 is 0 Å². The molecule has 2 fully saturated rings. The predicted molar refractivity (Wildman–Crippen MR) is 53.6 cm³/mol. The van der Waals surface area contributed by atoms with Gasteiger partial charge in [-0.3, -0.25) is 9.02 Å². The Morgan fingerprint density at radius 1 is 1.38 bits per heavy atom. The number of nitrogens with zero attached hydrogens (tertiary/aromatic N) is 1. The van der Waals surface area contributed by atoms with Crippen molar-refractivity contribution < 1.29 is 9.02 Å². The molecule has 76 valence electrons. The van der Waals surface area contributed by atoms with Crippen LogP contribution in [0.2, 0.25) is 0 Å². The summed E-state index contributed by atoms with van der Waals surface area (Å²) in [4.78, 5) is 5.53. The van der Waals surface area contributed by atoms with Gasteiger partial charge in [-0.1, -0.05) is 0 Å². The van der Waals surface area contributed by atoms with Crippen LogP contribution in [0, 0.1) is 0 Å². The molecule has 4 unspecified atom stereocenters. The summed E-state index contributed by atoms with van der Waals surface area (Å²) in [6, 6.07) is 0. The van der Waals surface area contributed by atoms with Crippen LogP contribution >= 0.6 is 35.4 Å². The summed E-state index contributed by atoms with van der Waals surface area (Å²) in [5.74, 6) is 0. The summed E-state index contributed by atoms with van der Waals surface area (Å²) in [6.07, 6.45) is 1.57. The zero-order valence-electron chi connectivity index (χ0n) is 7.15. The summed E-state index contributed by atoms with van der Waals surface area (Å²) < 4.78 is 7.08. The number of rotatable bonds is 0. The van der Waals surface area contributed by atoms with E-state index in [1.165, 1.54) is 12.2 Å². The minimum Gasteiger partial charge on any atom is -0.292 e. The van der Waals surface area contributed by atoms with E-state index in [2.05, 4.69) is 0 Å². The van der Waals surface area contributed by atoms with E-state index in [0.717, 1.165) is 12.8 Å². The fraction of sp³-hybridized carbons (Fsp3) is 1.00. The molecule has 1 saturated heterocycles. The lowest BCUT2D eigenvalue weighted by atomic mass is 9.94. The maximum absolute atomic E-state index is 6.11. The van der Waals surface area contributed by atoms with Crippen LogP contribution in [0.3, 0.4) is 0 Å². The van der Waals surface area contributed by atoms with E-state index in [9.17, 15) is 0 Å². The highest BCUT2D eigenvalue weighted by Gasteiger charge is 2.42. The monoisotopic (exact) mass is 243 g/mol. The Balaban J connectivity index is 2.02. The average molecular weight is 244 g/mol. The van der Waals surface area contributed by atoms with Crippen molar-refractivity contribution in [1.82, 2.24) is 4.47 Å². The Morgan fingerprint density at radius 3 is 2.92 bits per heavy atom. The summed E-state index contributed by atoms with van der Waals surface area (Å²) in [5.41, 5.74) is 0. The van der Waals surface area contributed by atoms with Crippen molar-refractivity contribution in [2.45, 2.75) is 35.8 Å². The molecule has 0 amide bonds. The molecule has 1 aliphatic heterocycles.